The van der Waals surface area contributed by atoms with Gasteiger partial charge in [0, 0.05) is 5.69 Å². The molecule has 0 heterocycles. The van der Waals surface area contributed by atoms with E-state index in [2.05, 4.69) is 5.32 Å². The molecule has 1 rings (SSSR count). The first-order valence-electron chi connectivity index (χ1n) is 5.23. The molecule has 0 unspecified atom stereocenters. The maximum Gasteiger partial charge on any atom is 0.416 e. The van der Waals surface area contributed by atoms with E-state index in [1.165, 1.54) is 18.2 Å². The maximum absolute atomic E-state index is 12.7. The first-order chi connectivity index (χ1) is 7.95. The van der Waals surface area contributed by atoms with Crippen LogP contribution in [0.1, 0.15) is 17.5 Å². The number of rotatable bonds is 4. The fourth-order valence-electron chi connectivity index (χ4n) is 1.42. The van der Waals surface area contributed by atoms with Gasteiger partial charge in [0.25, 0.3) is 0 Å². The van der Waals surface area contributed by atoms with Gasteiger partial charge in [-0.3, -0.25) is 0 Å². The van der Waals surface area contributed by atoms with Crippen molar-refractivity contribution in [2.45, 2.75) is 12.6 Å². The SMILES string of the molecule is CNCCC=Cc1cc(N)ccc1C(F)(F)F. The van der Waals surface area contributed by atoms with Crippen LogP contribution in [0.5, 0.6) is 0 Å². The van der Waals surface area contributed by atoms with E-state index in [1.54, 1.807) is 13.1 Å². The molecule has 0 radical (unpaired) electrons. The van der Waals surface area contributed by atoms with Crippen molar-refractivity contribution in [3.8, 4) is 0 Å². The summed E-state index contributed by atoms with van der Waals surface area (Å²) in [5.41, 5.74) is 5.26. The normalized spacial score (nSPS) is 12.2. The van der Waals surface area contributed by atoms with Crippen molar-refractivity contribution >= 4 is 11.8 Å². The molecule has 2 nitrogen and oxygen atoms in total. The Kier molecular flexibility index (Phi) is 4.57. The molecule has 0 amide bonds. The van der Waals surface area contributed by atoms with Crippen LogP contribution < -0.4 is 11.1 Å². The number of nitrogens with one attached hydrogen (secondary N) is 1. The summed E-state index contributed by atoms with van der Waals surface area (Å²) in [5.74, 6) is 0. The van der Waals surface area contributed by atoms with Gasteiger partial charge in [0.05, 0.1) is 5.56 Å². The van der Waals surface area contributed by atoms with Crippen LogP contribution in [-0.2, 0) is 6.18 Å². The summed E-state index contributed by atoms with van der Waals surface area (Å²) in [7, 11) is 1.79. The Labute approximate surface area is 98.3 Å². The Morgan fingerprint density at radius 3 is 2.65 bits per heavy atom. The van der Waals surface area contributed by atoms with Gasteiger partial charge < -0.3 is 11.1 Å². The predicted molar refractivity (Wildman–Crippen MR) is 63.4 cm³/mol. The van der Waals surface area contributed by atoms with E-state index in [4.69, 9.17) is 5.73 Å². The molecule has 0 aliphatic carbocycles. The van der Waals surface area contributed by atoms with Crippen LogP contribution >= 0.6 is 0 Å². The average molecular weight is 244 g/mol. The predicted octanol–water partition coefficient (Wildman–Crippen LogP) is 2.91. The molecule has 17 heavy (non-hydrogen) atoms. The number of anilines is 1. The Hall–Kier alpha value is -1.49. The molecular weight excluding hydrogens is 229 g/mol. The third-order valence-electron chi connectivity index (χ3n) is 2.24. The lowest BCUT2D eigenvalue weighted by atomic mass is 10.1. The minimum absolute atomic E-state index is 0.105. The number of alkyl halides is 3. The zero-order chi connectivity index (χ0) is 12.9. The summed E-state index contributed by atoms with van der Waals surface area (Å²) in [6.45, 7) is 0.722. The molecule has 1 aromatic rings. The second kappa shape index (κ2) is 5.72. The fraction of sp³-hybridized carbons (Fsp3) is 0.333. The highest BCUT2D eigenvalue weighted by Gasteiger charge is 2.32. The summed E-state index contributed by atoms with van der Waals surface area (Å²) in [4.78, 5) is 0. The smallest absolute Gasteiger partial charge is 0.399 e. The summed E-state index contributed by atoms with van der Waals surface area (Å²) < 4.78 is 38.0. The van der Waals surface area contributed by atoms with Crippen LogP contribution in [0.3, 0.4) is 0 Å². The van der Waals surface area contributed by atoms with Gasteiger partial charge in [-0.25, -0.2) is 0 Å². The molecule has 0 aliphatic heterocycles. The van der Waals surface area contributed by atoms with Gasteiger partial charge >= 0.3 is 6.18 Å². The topological polar surface area (TPSA) is 38.0 Å². The van der Waals surface area contributed by atoms with Crippen LogP contribution in [0.25, 0.3) is 6.08 Å². The molecule has 0 aromatic heterocycles. The number of benzene rings is 1. The van der Waals surface area contributed by atoms with Crippen LogP contribution in [-0.4, -0.2) is 13.6 Å². The molecular formula is C12H15F3N2. The number of nitrogens with two attached hydrogens (primary N) is 1. The van der Waals surface area contributed by atoms with Gasteiger partial charge in [0.15, 0.2) is 0 Å². The first kappa shape index (κ1) is 13.6. The monoisotopic (exact) mass is 244 g/mol. The standard InChI is InChI=1S/C12H15F3N2/c1-17-7-3-2-4-9-8-10(16)5-6-11(9)12(13,14)15/h2,4-6,8,17H,3,7,16H2,1H3. The second-order valence-corrected chi connectivity index (χ2v) is 3.64. The highest BCUT2D eigenvalue weighted by molar-refractivity contribution is 5.60. The van der Waals surface area contributed by atoms with E-state index in [0.29, 0.717) is 12.1 Å². The highest BCUT2D eigenvalue weighted by Crippen LogP contribution is 2.33. The Morgan fingerprint density at radius 2 is 2.06 bits per heavy atom. The third kappa shape index (κ3) is 4.11. The lowest BCUT2D eigenvalue weighted by Crippen LogP contribution is -2.08. The molecule has 0 saturated carbocycles. The van der Waals surface area contributed by atoms with Crippen LogP contribution in [0.15, 0.2) is 24.3 Å². The summed E-state index contributed by atoms with van der Waals surface area (Å²) in [6.07, 6.45) is -0.532. The van der Waals surface area contributed by atoms with Crippen molar-refractivity contribution in [3.63, 3.8) is 0 Å². The van der Waals surface area contributed by atoms with Crippen molar-refractivity contribution in [1.82, 2.24) is 5.32 Å². The molecule has 94 valence electrons. The molecule has 0 atom stereocenters. The Balaban J connectivity index is 2.96. The number of hydrogen-bond acceptors (Lipinski definition) is 2. The molecule has 0 saturated heterocycles. The first-order valence-corrected chi connectivity index (χ1v) is 5.23. The molecule has 0 aliphatic rings. The molecule has 5 heteroatoms. The van der Waals surface area contributed by atoms with Crippen molar-refractivity contribution in [1.29, 1.82) is 0 Å². The van der Waals surface area contributed by atoms with Crippen molar-refractivity contribution in [2.24, 2.45) is 0 Å². The van der Waals surface area contributed by atoms with Gasteiger partial charge in [-0.15, -0.1) is 0 Å². The number of nitrogen functional groups attached to an aromatic ring is 1. The van der Waals surface area contributed by atoms with Gasteiger partial charge in [0.2, 0.25) is 0 Å². The third-order valence-corrected chi connectivity index (χ3v) is 2.24. The van der Waals surface area contributed by atoms with Crippen LogP contribution in [0.2, 0.25) is 0 Å². The lowest BCUT2D eigenvalue weighted by Gasteiger charge is -2.10. The summed E-state index contributed by atoms with van der Waals surface area (Å²) in [5, 5.41) is 2.91. The van der Waals surface area contributed by atoms with E-state index in [0.717, 1.165) is 12.6 Å². The van der Waals surface area contributed by atoms with E-state index >= 15 is 0 Å². The minimum atomic E-state index is -4.35. The Morgan fingerprint density at radius 1 is 1.35 bits per heavy atom. The van der Waals surface area contributed by atoms with Gasteiger partial charge in [-0.2, -0.15) is 13.2 Å². The van der Waals surface area contributed by atoms with Crippen molar-refractivity contribution < 1.29 is 13.2 Å². The molecule has 0 fully saturated rings. The number of hydrogen-bond donors (Lipinski definition) is 2. The van der Waals surface area contributed by atoms with E-state index in [1.807, 2.05) is 0 Å². The van der Waals surface area contributed by atoms with E-state index in [9.17, 15) is 13.2 Å². The largest absolute Gasteiger partial charge is 0.416 e. The summed E-state index contributed by atoms with van der Waals surface area (Å²) >= 11 is 0. The van der Waals surface area contributed by atoms with E-state index in [-0.39, 0.29) is 5.56 Å². The lowest BCUT2D eigenvalue weighted by molar-refractivity contribution is -0.137. The van der Waals surface area contributed by atoms with Crippen LogP contribution in [0, 0.1) is 0 Å². The molecule has 1 aromatic carbocycles. The average Bonchev–Trinajstić information content (AvgIpc) is 2.23. The molecule has 0 spiro atoms. The fourth-order valence-corrected chi connectivity index (χ4v) is 1.42. The summed E-state index contributed by atoms with van der Waals surface area (Å²) in [6, 6.07) is 3.60. The van der Waals surface area contributed by atoms with Crippen LogP contribution in [0.4, 0.5) is 18.9 Å². The highest BCUT2D eigenvalue weighted by atomic mass is 19.4. The van der Waals surface area contributed by atoms with Gasteiger partial charge in [0.1, 0.15) is 0 Å². The van der Waals surface area contributed by atoms with E-state index < -0.39 is 11.7 Å². The zero-order valence-corrected chi connectivity index (χ0v) is 9.51. The maximum atomic E-state index is 12.7. The number of halogens is 3. The van der Waals surface area contributed by atoms with Crippen molar-refractivity contribution in [3.05, 3.63) is 35.4 Å². The zero-order valence-electron chi connectivity index (χ0n) is 9.51. The quantitative estimate of drug-likeness (QED) is 0.631. The minimum Gasteiger partial charge on any atom is -0.399 e. The van der Waals surface area contributed by atoms with Gasteiger partial charge in [-0.05, 0) is 43.8 Å². The second-order valence-electron chi connectivity index (χ2n) is 3.64. The Bertz CT molecular complexity index is 397. The van der Waals surface area contributed by atoms with Crippen molar-refractivity contribution in [2.75, 3.05) is 19.3 Å². The molecule has 3 N–H and O–H groups in total. The van der Waals surface area contributed by atoms with Gasteiger partial charge in [-0.1, -0.05) is 12.2 Å². The molecule has 0 bridgehead atoms.